The molecule has 1 aliphatic carbocycles. The van der Waals surface area contributed by atoms with Crippen molar-refractivity contribution < 1.29 is 9.47 Å². The molecule has 3 nitrogen and oxygen atoms in total. The van der Waals surface area contributed by atoms with Crippen molar-refractivity contribution in [2.24, 2.45) is 0 Å². The highest BCUT2D eigenvalue weighted by Gasteiger charge is 2.10. The summed E-state index contributed by atoms with van der Waals surface area (Å²) < 4.78 is 11.3. The Hall–Kier alpha value is -1.74. The van der Waals surface area contributed by atoms with Crippen molar-refractivity contribution in [2.45, 2.75) is 32.9 Å². The number of ether oxygens (including phenoxy) is 2. The van der Waals surface area contributed by atoms with Gasteiger partial charge in [0.15, 0.2) is 5.76 Å². The number of hydrogen-bond acceptors (Lipinski definition) is 3. The molecule has 0 spiro atoms. The molecule has 0 radical (unpaired) electrons. The number of benzene rings is 1. The molecule has 0 fully saturated rings. The average molecular weight is 287 g/mol. The first-order valence-electron chi connectivity index (χ1n) is 7.55. The topological polar surface area (TPSA) is 21.7 Å². The van der Waals surface area contributed by atoms with E-state index in [1.54, 1.807) is 7.11 Å². The Labute approximate surface area is 127 Å². The summed E-state index contributed by atoms with van der Waals surface area (Å²) in [5, 5.41) is 0. The summed E-state index contributed by atoms with van der Waals surface area (Å²) in [6, 6.07) is 8.58. The van der Waals surface area contributed by atoms with Crippen molar-refractivity contribution in [3.8, 4) is 0 Å². The van der Waals surface area contributed by atoms with Crippen LogP contribution in [0.25, 0.3) is 0 Å². The summed E-state index contributed by atoms with van der Waals surface area (Å²) in [5.41, 5.74) is 2.51. The van der Waals surface area contributed by atoms with E-state index in [1.165, 1.54) is 11.1 Å². The Bertz CT molecular complexity index is 520. The van der Waals surface area contributed by atoms with Crippen molar-refractivity contribution in [1.29, 1.82) is 0 Å². The maximum atomic E-state index is 5.91. The van der Waals surface area contributed by atoms with E-state index in [9.17, 15) is 0 Å². The molecule has 0 N–H and O–H groups in total. The summed E-state index contributed by atoms with van der Waals surface area (Å²) in [4.78, 5) is 2.29. The third-order valence-electron chi connectivity index (χ3n) is 3.71. The van der Waals surface area contributed by atoms with E-state index in [-0.39, 0.29) is 0 Å². The highest BCUT2D eigenvalue weighted by molar-refractivity contribution is 5.25. The van der Waals surface area contributed by atoms with Crippen LogP contribution in [0.2, 0.25) is 0 Å². The van der Waals surface area contributed by atoms with Crippen molar-refractivity contribution in [1.82, 2.24) is 4.90 Å². The van der Waals surface area contributed by atoms with Gasteiger partial charge in [0.25, 0.3) is 0 Å². The van der Waals surface area contributed by atoms with Gasteiger partial charge in [-0.25, -0.2) is 0 Å². The van der Waals surface area contributed by atoms with Gasteiger partial charge in [-0.3, -0.25) is 0 Å². The zero-order valence-corrected chi connectivity index (χ0v) is 13.3. The molecule has 21 heavy (non-hydrogen) atoms. The van der Waals surface area contributed by atoms with Gasteiger partial charge in [0.05, 0.1) is 7.11 Å². The van der Waals surface area contributed by atoms with Gasteiger partial charge in [-0.15, -0.1) is 0 Å². The van der Waals surface area contributed by atoms with E-state index in [4.69, 9.17) is 9.47 Å². The van der Waals surface area contributed by atoms with Crippen LogP contribution in [0.5, 0.6) is 0 Å². The Morgan fingerprint density at radius 2 is 2.05 bits per heavy atom. The molecule has 0 bridgehead atoms. The zero-order valence-electron chi connectivity index (χ0n) is 13.3. The van der Waals surface area contributed by atoms with Gasteiger partial charge < -0.3 is 14.4 Å². The van der Waals surface area contributed by atoms with E-state index in [0.29, 0.717) is 6.61 Å². The van der Waals surface area contributed by atoms with Crippen LogP contribution in [0.4, 0.5) is 0 Å². The highest BCUT2D eigenvalue weighted by Crippen LogP contribution is 2.21. The van der Waals surface area contributed by atoms with Crippen LogP contribution in [-0.2, 0) is 22.6 Å². The Balaban J connectivity index is 1.98. The van der Waals surface area contributed by atoms with Gasteiger partial charge >= 0.3 is 0 Å². The van der Waals surface area contributed by atoms with Gasteiger partial charge in [0.2, 0.25) is 0 Å². The molecule has 0 aromatic heterocycles. The molecule has 0 saturated heterocycles. The van der Waals surface area contributed by atoms with Gasteiger partial charge in [0.1, 0.15) is 12.4 Å². The number of rotatable bonds is 7. The summed E-state index contributed by atoms with van der Waals surface area (Å²) in [5.74, 6) is 1.80. The maximum absolute atomic E-state index is 5.91. The molecule has 3 heteroatoms. The molecule has 2 rings (SSSR count). The maximum Gasteiger partial charge on any atom is 0.157 e. The lowest BCUT2D eigenvalue weighted by Crippen LogP contribution is -2.16. The van der Waals surface area contributed by atoms with Gasteiger partial charge in [-0.05, 0) is 37.2 Å². The van der Waals surface area contributed by atoms with Gasteiger partial charge in [-0.1, -0.05) is 37.3 Å². The van der Waals surface area contributed by atoms with E-state index in [2.05, 4.69) is 49.2 Å². The van der Waals surface area contributed by atoms with Crippen LogP contribution in [0.15, 0.2) is 47.9 Å². The molecule has 0 aliphatic heterocycles. The van der Waals surface area contributed by atoms with Crippen LogP contribution in [0, 0.1) is 0 Å². The lowest BCUT2D eigenvalue weighted by atomic mass is 10.1. The summed E-state index contributed by atoms with van der Waals surface area (Å²) in [6.07, 6.45) is 6.08. The van der Waals surface area contributed by atoms with E-state index < -0.39 is 0 Å². The van der Waals surface area contributed by atoms with Crippen molar-refractivity contribution in [2.75, 3.05) is 20.7 Å². The Morgan fingerprint density at radius 1 is 1.24 bits per heavy atom. The minimum Gasteiger partial charge on any atom is -0.497 e. The third-order valence-corrected chi connectivity index (χ3v) is 3.71. The molecule has 0 unspecified atom stereocenters. The first-order chi connectivity index (χ1) is 10.2. The summed E-state index contributed by atoms with van der Waals surface area (Å²) >= 11 is 0. The first kappa shape index (κ1) is 15.6. The molecule has 0 heterocycles. The quantitative estimate of drug-likeness (QED) is 0.760. The van der Waals surface area contributed by atoms with Crippen LogP contribution in [0.1, 0.15) is 30.9 Å². The molecule has 0 saturated carbocycles. The minimum absolute atomic E-state index is 0.580. The number of nitrogens with zero attached hydrogens (tertiary/aromatic N) is 1. The Kier molecular flexibility index (Phi) is 5.88. The molecule has 1 aliphatic rings. The molecular formula is C18H25NO2. The lowest BCUT2D eigenvalue weighted by Gasteiger charge is -2.17. The SMILES string of the molecule is CCN(C)Cc1cccc(COC2=C(OC)CCC=C2)c1. The van der Waals surface area contributed by atoms with Gasteiger partial charge in [0, 0.05) is 13.0 Å². The molecule has 0 atom stereocenters. The van der Waals surface area contributed by atoms with E-state index >= 15 is 0 Å². The van der Waals surface area contributed by atoms with Gasteiger partial charge in [-0.2, -0.15) is 0 Å². The molecule has 114 valence electrons. The van der Waals surface area contributed by atoms with Crippen LogP contribution in [0.3, 0.4) is 0 Å². The number of methoxy groups -OCH3 is 1. The third kappa shape index (κ3) is 4.64. The number of hydrogen-bond donors (Lipinski definition) is 0. The van der Waals surface area contributed by atoms with Crippen molar-refractivity contribution >= 4 is 0 Å². The second kappa shape index (κ2) is 7.89. The highest BCUT2D eigenvalue weighted by atomic mass is 16.5. The second-order valence-electron chi connectivity index (χ2n) is 5.37. The summed E-state index contributed by atoms with van der Waals surface area (Å²) in [6.45, 7) is 4.77. The fourth-order valence-electron chi connectivity index (χ4n) is 2.35. The largest absolute Gasteiger partial charge is 0.497 e. The molecule has 1 aromatic rings. The predicted octanol–water partition coefficient (Wildman–Crippen LogP) is 3.86. The minimum atomic E-state index is 0.580. The molecule has 0 amide bonds. The molecule has 1 aromatic carbocycles. The summed E-state index contributed by atoms with van der Waals surface area (Å²) in [7, 11) is 3.84. The smallest absolute Gasteiger partial charge is 0.157 e. The van der Waals surface area contributed by atoms with Crippen molar-refractivity contribution in [3.63, 3.8) is 0 Å². The van der Waals surface area contributed by atoms with Crippen LogP contribution in [-0.4, -0.2) is 25.6 Å². The van der Waals surface area contributed by atoms with E-state index in [0.717, 1.165) is 37.4 Å². The van der Waals surface area contributed by atoms with Crippen molar-refractivity contribution in [3.05, 3.63) is 59.1 Å². The lowest BCUT2D eigenvalue weighted by molar-refractivity contribution is 0.170. The van der Waals surface area contributed by atoms with E-state index in [1.807, 2.05) is 6.08 Å². The first-order valence-corrected chi connectivity index (χ1v) is 7.55. The molecular weight excluding hydrogens is 262 g/mol. The normalized spacial score (nSPS) is 14.7. The predicted molar refractivity (Wildman–Crippen MR) is 85.6 cm³/mol. The average Bonchev–Trinajstić information content (AvgIpc) is 2.53. The fourth-order valence-corrected chi connectivity index (χ4v) is 2.35. The van der Waals surface area contributed by atoms with Crippen LogP contribution >= 0.6 is 0 Å². The second-order valence-corrected chi connectivity index (χ2v) is 5.37. The monoisotopic (exact) mass is 287 g/mol. The number of allylic oxidation sites excluding steroid dienone is 3. The zero-order chi connectivity index (χ0) is 15.1. The fraction of sp³-hybridized carbons (Fsp3) is 0.444. The Morgan fingerprint density at radius 3 is 2.81 bits per heavy atom. The standard InChI is InChI=1S/C18H25NO2/c1-4-19(2)13-15-8-7-9-16(12-15)14-21-18-11-6-5-10-17(18)20-3/h6-9,11-12H,4-5,10,13-14H2,1-3H3. The van der Waals surface area contributed by atoms with Crippen LogP contribution < -0.4 is 0 Å².